The van der Waals surface area contributed by atoms with Gasteiger partial charge in [0.2, 0.25) is 0 Å². The van der Waals surface area contributed by atoms with E-state index in [1.165, 1.54) is 0 Å². The zero-order chi connectivity index (χ0) is 9.84. The molecule has 0 amide bonds. The monoisotopic (exact) mass is 182 g/mol. The maximum absolute atomic E-state index is 5.79. The molecular weight excluding hydrogens is 164 g/mol. The molecule has 4 heteroatoms. The fourth-order valence-corrected chi connectivity index (χ4v) is 1.21. The lowest BCUT2D eigenvalue weighted by molar-refractivity contribution is 0.530. The van der Waals surface area contributed by atoms with E-state index in [9.17, 15) is 0 Å². The predicted octanol–water partition coefficient (Wildman–Crippen LogP) is 1.16. The van der Waals surface area contributed by atoms with E-state index >= 15 is 0 Å². The third-order valence-electron chi connectivity index (χ3n) is 1.86. The van der Waals surface area contributed by atoms with E-state index in [-0.39, 0.29) is 0 Å². The van der Waals surface area contributed by atoms with Crippen molar-refractivity contribution < 1.29 is 0 Å². The standard InChI is InChI=1S/C9H18N4/c1-4-11-6-8-5-9(10)13(12-8)7(2)3/h5,7,11H,4,6,10H2,1-3H3. The van der Waals surface area contributed by atoms with Gasteiger partial charge in [-0.3, -0.25) is 0 Å². The average Bonchev–Trinajstić information content (AvgIpc) is 2.43. The SMILES string of the molecule is CCNCc1cc(N)n(C(C)C)n1. The Bertz CT molecular complexity index is 265. The van der Waals surface area contributed by atoms with E-state index in [1.807, 2.05) is 10.7 Å². The van der Waals surface area contributed by atoms with Crippen LogP contribution in [0.2, 0.25) is 0 Å². The summed E-state index contributed by atoms with van der Waals surface area (Å²) in [5.74, 6) is 0.739. The summed E-state index contributed by atoms with van der Waals surface area (Å²) in [6.07, 6.45) is 0. The molecule has 0 aliphatic carbocycles. The van der Waals surface area contributed by atoms with Crippen LogP contribution in [0, 0.1) is 0 Å². The molecule has 0 radical (unpaired) electrons. The van der Waals surface area contributed by atoms with Gasteiger partial charge in [-0.1, -0.05) is 6.92 Å². The van der Waals surface area contributed by atoms with Crippen LogP contribution in [0.3, 0.4) is 0 Å². The molecule has 1 heterocycles. The number of nitrogens with zero attached hydrogens (tertiary/aromatic N) is 2. The van der Waals surface area contributed by atoms with Crippen LogP contribution in [0.15, 0.2) is 6.07 Å². The molecule has 0 spiro atoms. The van der Waals surface area contributed by atoms with Crippen LogP contribution in [0.4, 0.5) is 5.82 Å². The molecule has 0 bridgehead atoms. The van der Waals surface area contributed by atoms with Gasteiger partial charge >= 0.3 is 0 Å². The first-order valence-corrected chi connectivity index (χ1v) is 4.69. The highest BCUT2D eigenvalue weighted by molar-refractivity contribution is 5.31. The van der Waals surface area contributed by atoms with Crippen LogP contribution in [-0.2, 0) is 6.54 Å². The fraction of sp³-hybridized carbons (Fsp3) is 0.667. The highest BCUT2D eigenvalue weighted by atomic mass is 15.3. The molecule has 4 nitrogen and oxygen atoms in total. The van der Waals surface area contributed by atoms with Gasteiger partial charge in [0.05, 0.1) is 5.69 Å². The molecule has 74 valence electrons. The number of nitrogens with two attached hydrogens (primary N) is 1. The lowest BCUT2D eigenvalue weighted by Gasteiger charge is -2.06. The lowest BCUT2D eigenvalue weighted by Crippen LogP contribution is -2.13. The van der Waals surface area contributed by atoms with Crippen LogP contribution >= 0.6 is 0 Å². The highest BCUT2D eigenvalue weighted by Crippen LogP contribution is 2.12. The van der Waals surface area contributed by atoms with Gasteiger partial charge in [-0.2, -0.15) is 5.10 Å². The first-order valence-electron chi connectivity index (χ1n) is 4.69. The predicted molar refractivity (Wildman–Crippen MR) is 54.4 cm³/mol. The quantitative estimate of drug-likeness (QED) is 0.734. The van der Waals surface area contributed by atoms with E-state index < -0.39 is 0 Å². The molecule has 0 fully saturated rings. The normalized spacial score (nSPS) is 11.1. The Morgan fingerprint density at radius 3 is 2.77 bits per heavy atom. The van der Waals surface area contributed by atoms with Crippen molar-refractivity contribution in [3.05, 3.63) is 11.8 Å². The Hall–Kier alpha value is -1.03. The lowest BCUT2D eigenvalue weighted by atomic mass is 10.4. The van der Waals surface area contributed by atoms with Crippen molar-refractivity contribution in [1.82, 2.24) is 15.1 Å². The van der Waals surface area contributed by atoms with Crippen LogP contribution in [0.5, 0.6) is 0 Å². The summed E-state index contributed by atoms with van der Waals surface area (Å²) < 4.78 is 1.84. The van der Waals surface area contributed by atoms with Crippen molar-refractivity contribution in [3.63, 3.8) is 0 Å². The Morgan fingerprint density at radius 1 is 1.62 bits per heavy atom. The summed E-state index contributed by atoms with van der Waals surface area (Å²) in [5, 5.41) is 7.59. The summed E-state index contributed by atoms with van der Waals surface area (Å²) in [4.78, 5) is 0. The molecule has 13 heavy (non-hydrogen) atoms. The summed E-state index contributed by atoms with van der Waals surface area (Å²) in [5.41, 5.74) is 6.79. The fourth-order valence-electron chi connectivity index (χ4n) is 1.21. The summed E-state index contributed by atoms with van der Waals surface area (Å²) in [6, 6.07) is 2.25. The second-order valence-electron chi connectivity index (χ2n) is 3.38. The molecule has 0 aromatic carbocycles. The number of rotatable bonds is 4. The summed E-state index contributed by atoms with van der Waals surface area (Å²) in [7, 11) is 0. The van der Waals surface area contributed by atoms with E-state index in [4.69, 9.17) is 5.73 Å². The minimum atomic E-state index is 0.329. The van der Waals surface area contributed by atoms with E-state index in [0.29, 0.717) is 6.04 Å². The van der Waals surface area contributed by atoms with Crippen molar-refractivity contribution in [2.75, 3.05) is 12.3 Å². The van der Waals surface area contributed by atoms with Crippen LogP contribution in [-0.4, -0.2) is 16.3 Å². The molecule has 3 N–H and O–H groups in total. The van der Waals surface area contributed by atoms with Gasteiger partial charge in [0.1, 0.15) is 5.82 Å². The molecule has 0 saturated carbocycles. The maximum Gasteiger partial charge on any atom is 0.122 e. The minimum absolute atomic E-state index is 0.329. The van der Waals surface area contributed by atoms with Crippen LogP contribution in [0.1, 0.15) is 32.5 Å². The number of anilines is 1. The Morgan fingerprint density at radius 2 is 2.31 bits per heavy atom. The minimum Gasteiger partial charge on any atom is -0.384 e. The van der Waals surface area contributed by atoms with E-state index in [1.54, 1.807) is 0 Å². The number of aromatic nitrogens is 2. The molecular formula is C9H18N4. The van der Waals surface area contributed by atoms with Crippen molar-refractivity contribution in [1.29, 1.82) is 0 Å². The second kappa shape index (κ2) is 4.28. The Balaban J connectivity index is 2.71. The third-order valence-corrected chi connectivity index (χ3v) is 1.86. The molecule has 1 aromatic rings. The topological polar surface area (TPSA) is 55.9 Å². The number of hydrogen-bond donors (Lipinski definition) is 2. The Labute approximate surface area is 79.1 Å². The number of hydrogen-bond acceptors (Lipinski definition) is 3. The highest BCUT2D eigenvalue weighted by Gasteiger charge is 2.06. The first-order chi connectivity index (χ1) is 6.15. The van der Waals surface area contributed by atoms with Gasteiger partial charge in [0.15, 0.2) is 0 Å². The molecule has 1 aromatic heterocycles. The molecule has 0 unspecified atom stereocenters. The molecule has 0 aliphatic heterocycles. The van der Waals surface area contributed by atoms with E-state index in [0.717, 1.165) is 24.6 Å². The van der Waals surface area contributed by atoms with Gasteiger partial charge in [-0.25, -0.2) is 4.68 Å². The largest absolute Gasteiger partial charge is 0.384 e. The Kier molecular flexibility index (Phi) is 3.31. The van der Waals surface area contributed by atoms with Gasteiger partial charge in [0.25, 0.3) is 0 Å². The van der Waals surface area contributed by atoms with Crippen molar-refractivity contribution in [2.24, 2.45) is 0 Å². The van der Waals surface area contributed by atoms with E-state index in [2.05, 4.69) is 31.2 Å². The van der Waals surface area contributed by atoms with Gasteiger partial charge < -0.3 is 11.1 Å². The average molecular weight is 182 g/mol. The second-order valence-corrected chi connectivity index (χ2v) is 3.38. The number of nitrogens with one attached hydrogen (secondary N) is 1. The summed E-state index contributed by atoms with van der Waals surface area (Å²) in [6.45, 7) is 7.96. The zero-order valence-electron chi connectivity index (χ0n) is 8.54. The smallest absolute Gasteiger partial charge is 0.122 e. The summed E-state index contributed by atoms with van der Waals surface area (Å²) >= 11 is 0. The maximum atomic E-state index is 5.79. The van der Waals surface area contributed by atoms with Crippen molar-refractivity contribution in [2.45, 2.75) is 33.4 Å². The molecule has 0 saturated heterocycles. The van der Waals surface area contributed by atoms with Gasteiger partial charge in [-0.15, -0.1) is 0 Å². The van der Waals surface area contributed by atoms with Crippen molar-refractivity contribution in [3.8, 4) is 0 Å². The van der Waals surface area contributed by atoms with Gasteiger partial charge in [0, 0.05) is 18.7 Å². The molecule has 1 rings (SSSR count). The zero-order valence-corrected chi connectivity index (χ0v) is 8.54. The molecule has 0 aliphatic rings. The number of nitrogen functional groups attached to an aromatic ring is 1. The molecule has 0 atom stereocenters. The van der Waals surface area contributed by atoms with Crippen molar-refractivity contribution >= 4 is 5.82 Å². The van der Waals surface area contributed by atoms with Gasteiger partial charge in [-0.05, 0) is 20.4 Å². The van der Waals surface area contributed by atoms with Crippen LogP contribution in [0.25, 0.3) is 0 Å². The first kappa shape index (κ1) is 10.1. The van der Waals surface area contributed by atoms with Crippen LogP contribution < -0.4 is 11.1 Å². The third kappa shape index (κ3) is 2.45.